The molecule has 1 aliphatic carbocycles. The van der Waals surface area contributed by atoms with Crippen molar-refractivity contribution in [2.75, 3.05) is 145 Å². The van der Waals surface area contributed by atoms with Crippen molar-refractivity contribution in [1.29, 1.82) is 0 Å². The number of esters is 4. The summed E-state index contributed by atoms with van der Waals surface area (Å²) in [4.78, 5) is 126. The number of carbonyl (C=O) groups is 8. The Labute approximate surface area is 813 Å². The molecular weight excluding hydrogens is 1820 g/mol. The van der Waals surface area contributed by atoms with Gasteiger partial charge >= 0.3 is 36.0 Å². The number of carboxylic acid groups (broad SMARTS) is 1. The first-order valence-electron chi connectivity index (χ1n) is 48.1. The normalized spacial score (nSPS) is 25.2. The topological polar surface area (TPSA) is 513 Å². The number of para-hydroxylation sites is 1. The van der Waals surface area contributed by atoms with E-state index in [1.54, 1.807) is 10.8 Å². The van der Waals surface area contributed by atoms with Crippen LogP contribution in [0, 0.1) is 24.2 Å². The Morgan fingerprint density at radius 1 is 0.664 bits per heavy atom. The van der Waals surface area contributed by atoms with Gasteiger partial charge in [0.15, 0.2) is 36.5 Å². The molecule has 39 heteroatoms. The fourth-order valence-corrected chi connectivity index (χ4v) is 22.4. The molecule has 1 spiro atoms. The summed E-state index contributed by atoms with van der Waals surface area (Å²) < 4.78 is 62.4. The largest absolute Gasteiger partial charge is 0.481 e. The van der Waals surface area contributed by atoms with Crippen molar-refractivity contribution >= 4 is 91.8 Å². The molecule has 10 rings (SSSR count). The monoisotopic (exact) mass is 1980 g/mol. The number of aromatic nitrogens is 1. The maximum Gasteiger partial charge on any atom is 0.373 e. The fourth-order valence-electron chi connectivity index (χ4n) is 20.2. The highest BCUT2D eigenvalue weighted by molar-refractivity contribution is 8.76. The van der Waals surface area contributed by atoms with Crippen LogP contribution in [0.15, 0.2) is 48.6 Å². The van der Waals surface area contributed by atoms with Gasteiger partial charge in [-0.05, 0) is 184 Å². The van der Waals surface area contributed by atoms with Crippen LogP contribution in [0.1, 0.15) is 226 Å². The number of carbonyl (C=O) groups excluding carboxylic acids is 9. The second kappa shape index (κ2) is 57.8. The number of aliphatic carboxylic acids is 1. The summed E-state index contributed by atoms with van der Waals surface area (Å²) in [6.07, 6.45) is 9.84. The number of nitrogens with zero attached hydrogens (tertiary/aromatic N) is 3. The molecule has 776 valence electrons. The Morgan fingerprint density at radius 2 is 1.22 bits per heavy atom. The van der Waals surface area contributed by atoms with Gasteiger partial charge in [-0.2, -0.15) is 9.59 Å². The lowest BCUT2D eigenvalue weighted by Gasteiger charge is -2.65. The number of methoxy groups -OCH3 is 4. The first-order chi connectivity index (χ1) is 65.3. The second-order valence-corrected chi connectivity index (χ2v) is 40.1. The van der Waals surface area contributed by atoms with Crippen molar-refractivity contribution in [2.45, 2.75) is 312 Å². The Morgan fingerprint density at radius 3 is 1.74 bits per heavy atom. The van der Waals surface area contributed by atoms with Gasteiger partial charge in [0.2, 0.25) is 11.8 Å². The van der Waals surface area contributed by atoms with Crippen LogP contribution in [-0.4, -0.2) is 344 Å². The Kier molecular flexibility index (Phi) is 50.0. The predicted molar refractivity (Wildman–Crippen MR) is 510 cm³/mol. The van der Waals surface area contributed by atoms with E-state index in [4.69, 9.17) is 92.0 Å². The average molecular weight is 1980 g/mol. The molecule has 137 heavy (non-hydrogen) atoms. The SMILES string of the molecule is CCC(CO)OC(CO)OC.CCC(CO)OC(COC(=O)CCC(=O)NCCCC(C)(C)SSC)OC.CCC(CO)OC(COC(=O)CCC(=O)O)OC.CCC(CO)OC(COC(=O)CCCC(=O)NC(C)C(=O)OCCCC1CN2c3cc(C)c([C@@]4(C)CC5CN(CCc6c4[nH]c4ccccc64)CC(O)(CC)C5)cc3[C@]34CCN5CC=C[C@](CC)(C53)[C@@H](O)[C@](O)(C1=O)C24)OC.O=C=O. The quantitative estimate of drug-likeness (QED) is 0.00657. The number of Topliss-reactive ketones (excluding diaryl/α,β-unsaturated/α-hetero) is 1. The van der Waals surface area contributed by atoms with Crippen LogP contribution < -0.4 is 15.5 Å². The van der Waals surface area contributed by atoms with Crippen molar-refractivity contribution in [3.63, 3.8) is 0 Å². The number of H-pyrrole nitrogens is 1. The molecule has 0 radical (unpaired) electrons. The molecule has 15 unspecified atom stereocenters. The molecule has 1 saturated carbocycles. The third-order valence-corrected chi connectivity index (χ3v) is 29.9. The van der Waals surface area contributed by atoms with Gasteiger partial charge in [0.25, 0.3) is 0 Å². The maximum absolute atomic E-state index is 15.4. The van der Waals surface area contributed by atoms with E-state index >= 15 is 4.79 Å². The summed E-state index contributed by atoms with van der Waals surface area (Å²) in [6, 6.07) is 11.5. The van der Waals surface area contributed by atoms with E-state index in [1.165, 1.54) is 57.6 Å². The molecule has 7 aliphatic rings. The van der Waals surface area contributed by atoms with Gasteiger partial charge in [-0.3, -0.25) is 43.4 Å². The van der Waals surface area contributed by atoms with Crippen molar-refractivity contribution in [3.05, 3.63) is 76.5 Å². The number of ether oxygens (including phenoxy) is 12. The van der Waals surface area contributed by atoms with Gasteiger partial charge in [0, 0.05) is 142 Å². The number of carboxylic acids is 1. The molecule has 20 atom stereocenters. The summed E-state index contributed by atoms with van der Waals surface area (Å²) in [5.41, 5.74) is 3.11. The van der Waals surface area contributed by atoms with Gasteiger partial charge < -0.3 is 123 Å². The number of aliphatic hydroxyl groups excluding tert-OH is 6. The van der Waals surface area contributed by atoms with Crippen molar-refractivity contribution in [3.8, 4) is 0 Å². The number of rotatable bonds is 52. The highest BCUT2D eigenvalue weighted by atomic mass is 33.1. The molecule has 3 aromatic rings. The number of nitrogens with one attached hydrogen (secondary N) is 3. The van der Waals surface area contributed by atoms with Crippen LogP contribution in [0.25, 0.3) is 10.9 Å². The molecule has 2 bridgehead atoms. The predicted octanol–water partition coefficient (Wildman–Crippen LogP) is 7.33. The lowest BCUT2D eigenvalue weighted by atomic mass is 9.46. The minimum absolute atomic E-state index is 0.00724. The minimum Gasteiger partial charge on any atom is -0.481 e. The van der Waals surface area contributed by atoms with Crippen LogP contribution in [0.3, 0.4) is 0 Å². The molecule has 2 amide bonds. The zero-order valence-corrected chi connectivity index (χ0v) is 84.7. The molecule has 6 aliphatic heterocycles. The lowest BCUT2D eigenvalue weighted by molar-refractivity contribution is -0.209. The molecular formula is C98H156N6O31S2. The molecule has 4 fully saturated rings. The highest BCUT2D eigenvalue weighted by Crippen LogP contribution is 2.69. The van der Waals surface area contributed by atoms with Crippen LogP contribution in [0.4, 0.5) is 5.69 Å². The first-order valence-corrected chi connectivity index (χ1v) is 50.6. The van der Waals surface area contributed by atoms with E-state index in [0.29, 0.717) is 71.0 Å². The Hall–Kier alpha value is -7.16. The molecule has 7 heterocycles. The summed E-state index contributed by atoms with van der Waals surface area (Å²) in [6.45, 7) is 25.9. The van der Waals surface area contributed by atoms with Crippen molar-refractivity contribution in [2.24, 2.45) is 17.3 Å². The number of anilines is 1. The zero-order valence-electron chi connectivity index (χ0n) is 83.0. The number of benzene rings is 2. The number of hydrogen-bond donors (Lipinski definition) is 12. The number of aryl methyl sites for hydroxylation is 1. The summed E-state index contributed by atoms with van der Waals surface area (Å²) in [7, 11) is 9.27. The third-order valence-electron chi connectivity index (χ3n) is 27.2. The molecule has 12 N–H and O–H groups in total. The van der Waals surface area contributed by atoms with E-state index in [2.05, 4.69) is 127 Å². The number of hydrogen-bond acceptors (Lipinski definition) is 35. The van der Waals surface area contributed by atoms with Crippen LogP contribution >= 0.6 is 21.6 Å². The van der Waals surface area contributed by atoms with E-state index < -0.39 is 119 Å². The smallest absolute Gasteiger partial charge is 0.373 e. The van der Waals surface area contributed by atoms with Gasteiger partial charge in [0.05, 0.1) is 95.0 Å². The maximum atomic E-state index is 15.4. The average Bonchev–Trinajstić information content (AvgIpc) is 1.48. The van der Waals surface area contributed by atoms with Gasteiger partial charge in [0.1, 0.15) is 32.0 Å². The second-order valence-electron chi connectivity index (χ2n) is 37.0. The number of aliphatic hydroxyl groups is 8. The first kappa shape index (κ1) is 119. The number of fused-ring (bicyclic) bond motifs is 7. The number of piperidine rings is 2. The van der Waals surface area contributed by atoms with E-state index in [9.17, 15) is 54.0 Å². The Bertz CT molecular complexity index is 4300. The number of ketones is 1. The zero-order chi connectivity index (χ0) is 102. The van der Waals surface area contributed by atoms with E-state index in [0.717, 1.165) is 87.0 Å². The van der Waals surface area contributed by atoms with Crippen molar-refractivity contribution < 1.29 is 151 Å². The summed E-state index contributed by atoms with van der Waals surface area (Å²) >= 11 is 0. The number of aromatic amines is 1. The lowest BCUT2D eigenvalue weighted by Crippen LogP contribution is -2.83. The summed E-state index contributed by atoms with van der Waals surface area (Å²) in [5.74, 6) is -4.76. The van der Waals surface area contributed by atoms with Gasteiger partial charge in [-0.15, -0.1) is 0 Å². The molecule has 3 saturated heterocycles. The van der Waals surface area contributed by atoms with E-state index in [1.807, 2.05) is 38.5 Å². The fraction of sp³-hybridized carbons (Fsp3) is 0.745. The van der Waals surface area contributed by atoms with Crippen LogP contribution in [0.5, 0.6) is 0 Å². The van der Waals surface area contributed by atoms with Crippen LogP contribution in [-0.2, 0) is 122 Å². The highest BCUT2D eigenvalue weighted by Gasteiger charge is 2.80. The van der Waals surface area contributed by atoms with Crippen LogP contribution in [0.2, 0.25) is 0 Å². The molecule has 2 aromatic carbocycles. The molecule has 37 nitrogen and oxygen atoms in total. The number of amides is 2. The van der Waals surface area contributed by atoms with Crippen molar-refractivity contribution in [1.82, 2.24) is 25.4 Å². The minimum atomic E-state index is -2.12. The Balaban J connectivity index is 0.000000395. The van der Waals surface area contributed by atoms with E-state index in [-0.39, 0.29) is 157 Å². The molecule has 1 aromatic heterocycles. The standard InChI is InChI=1S/C61H85N5O12.C18H35NO6S2.C11H20O7.C7H16O4.CO2/c1-8-41(34-67)78-50(75-7)35-77-49(69)20-13-19-48(68)62-38(5)53(71)76-27-14-16-40-33-66-47-28-37(4)44(29-45(47)60-23-26-65-24-15-22-59(10-3,54(60)65)56(72)61(74,52(40)70)55(60)66)57(6)30-39-31-58(73,9-2)36-64(32-39)25-21-43-42-17-11-12-18-46(42)63-51(43)57;1-6-14(12-20)25-17(23-4)13-24-16(22)9-8-15(21)19-11-7-10-18(2,3)27-26-5;1-3-8(6-12)18-11(16-2)7-17-10(15)5-4-9(13)14;1-3-6(4-8)11-7(5-9)10-2;2-1-3/h11-12,15,17-18,22,28-29,38-41,50,54-56,63,67,72-74H,8-10,13-14,16,19-21,23-27,30-36H2,1-7H3,(H,62,68);14,17,20H,6-13H2,1-5H3,(H,19,21);8,11-12H,3-7H2,1-2H3,(H,13,14);6-9H,3-5H2,1-2H3;/t38?,39?,40?,41?,50?,54?,55?,56-,57-,58?,59-,60-,61+;;;;/m1..../s1. The summed E-state index contributed by atoms with van der Waals surface area (Å²) in [5, 5.41) is 98.5. The van der Waals surface area contributed by atoms with Gasteiger partial charge in [-0.25, -0.2) is 4.79 Å². The third kappa shape index (κ3) is 31.9. The van der Waals surface area contributed by atoms with Gasteiger partial charge in [-0.1, -0.05) is 99.5 Å².